The largest absolute Gasteiger partial charge is 0.493 e. The average Bonchev–Trinajstić information content (AvgIpc) is 3.42. The summed E-state index contributed by atoms with van der Waals surface area (Å²) in [5.74, 6) is 2.73. The molecule has 0 aliphatic carbocycles. The molecule has 5 rings (SSSR count). The summed E-state index contributed by atoms with van der Waals surface area (Å²) in [5, 5.41) is 0. The van der Waals surface area contributed by atoms with Crippen LogP contribution < -0.4 is 18.9 Å². The fourth-order valence-electron chi connectivity index (χ4n) is 4.29. The van der Waals surface area contributed by atoms with E-state index >= 15 is 0 Å². The molecule has 1 atom stereocenters. The number of ether oxygens (including phenoxy) is 5. The molecule has 0 bridgehead atoms. The topological polar surface area (TPSA) is 66.5 Å². The zero-order chi connectivity index (χ0) is 21.4. The monoisotopic (exact) mass is 423 g/mol. The van der Waals surface area contributed by atoms with Crippen molar-refractivity contribution in [2.24, 2.45) is 0 Å². The van der Waals surface area contributed by atoms with E-state index in [9.17, 15) is 4.79 Å². The SMILES string of the molecule is COc1ccc(C=C2Oc3c(ccc4c3CN(C[C@@H]3CCCO3)CO4)C2=O)cc1OC. The Kier molecular flexibility index (Phi) is 5.29. The summed E-state index contributed by atoms with van der Waals surface area (Å²) in [5.41, 5.74) is 2.26. The molecule has 3 aliphatic heterocycles. The number of hydrogen-bond donors (Lipinski definition) is 0. The van der Waals surface area contributed by atoms with Crippen LogP contribution in [0.3, 0.4) is 0 Å². The van der Waals surface area contributed by atoms with Gasteiger partial charge in [0.15, 0.2) is 17.3 Å². The number of hydrogen-bond acceptors (Lipinski definition) is 7. The second kappa shape index (κ2) is 8.24. The summed E-state index contributed by atoms with van der Waals surface area (Å²) < 4.78 is 28.4. The summed E-state index contributed by atoms with van der Waals surface area (Å²) in [6.07, 6.45) is 4.14. The number of nitrogens with zero attached hydrogens (tertiary/aromatic N) is 1. The second-order valence-electron chi connectivity index (χ2n) is 7.89. The summed E-state index contributed by atoms with van der Waals surface area (Å²) >= 11 is 0. The van der Waals surface area contributed by atoms with E-state index in [1.165, 1.54) is 0 Å². The first kappa shape index (κ1) is 19.9. The molecule has 0 saturated carbocycles. The van der Waals surface area contributed by atoms with Gasteiger partial charge in [-0.25, -0.2) is 0 Å². The third-order valence-electron chi connectivity index (χ3n) is 5.87. The molecule has 7 heteroatoms. The van der Waals surface area contributed by atoms with Crippen LogP contribution in [0, 0.1) is 0 Å². The molecule has 1 fully saturated rings. The quantitative estimate of drug-likeness (QED) is 0.680. The number of rotatable bonds is 5. The molecule has 3 heterocycles. The maximum atomic E-state index is 13.0. The minimum Gasteiger partial charge on any atom is -0.493 e. The first-order valence-corrected chi connectivity index (χ1v) is 10.4. The second-order valence-corrected chi connectivity index (χ2v) is 7.89. The van der Waals surface area contributed by atoms with Crippen molar-refractivity contribution in [3.8, 4) is 23.0 Å². The van der Waals surface area contributed by atoms with Crippen molar-refractivity contribution in [1.29, 1.82) is 0 Å². The lowest BCUT2D eigenvalue weighted by atomic mass is 10.0. The van der Waals surface area contributed by atoms with E-state index in [2.05, 4.69) is 4.90 Å². The van der Waals surface area contributed by atoms with Crippen molar-refractivity contribution in [1.82, 2.24) is 4.90 Å². The Hall–Kier alpha value is -3.03. The van der Waals surface area contributed by atoms with Gasteiger partial charge in [0.05, 0.1) is 31.5 Å². The lowest BCUT2D eigenvalue weighted by molar-refractivity contribution is 0.0274. The maximum Gasteiger partial charge on any atom is 0.231 e. The molecule has 0 aromatic heterocycles. The van der Waals surface area contributed by atoms with Crippen molar-refractivity contribution in [2.45, 2.75) is 25.5 Å². The lowest BCUT2D eigenvalue weighted by Gasteiger charge is -2.31. The Morgan fingerprint density at radius 2 is 2.03 bits per heavy atom. The predicted octanol–water partition coefficient (Wildman–Crippen LogP) is 3.65. The van der Waals surface area contributed by atoms with E-state index < -0.39 is 0 Å². The summed E-state index contributed by atoms with van der Waals surface area (Å²) in [6, 6.07) is 9.11. The van der Waals surface area contributed by atoms with Gasteiger partial charge in [-0.05, 0) is 48.7 Å². The fourth-order valence-corrected chi connectivity index (χ4v) is 4.29. The van der Waals surface area contributed by atoms with E-state index in [0.29, 0.717) is 36.1 Å². The van der Waals surface area contributed by atoms with Gasteiger partial charge in [0.2, 0.25) is 5.78 Å². The standard InChI is InChI=1S/C24H25NO6/c1-27-20-7-5-15(10-21(20)28-2)11-22-23(26)17-6-8-19-18(24(17)31-22)13-25(14-30-19)12-16-4-3-9-29-16/h5-8,10-11,16H,3-4,9,12-14H2,1-2H3/t16-/m0/s1. The number of carbonyl (C=O) groups excluding carboxylic acids is 1. The van der Waals surface area contributed by atoms with Gasteiger partial charge in [0.1, 0.15) is 18.2 Å². The molecule has 0 unspecified atom stereocenters. The number of Topliss-reactive ketones (excluding diaryl/α,β-unsaturated/α-hetero) is 1. The Morgan fingerprint density at radius 1 is 1.16 bits per heavy atom. The number of ketones is 1. The number of benzene rings is 2. The van der Waals surface area contributed by atoms with Gasteiger partial charge in [-0.2, -0.15) is 0 Å². The van der Waals surface area contributed by atoms with Crippen molar-refractivity contribution in [2.75, 3.05) is 34.1 Å². The molecule has 0 amide bonds. The van der Waals surface area contributed by atoms with E-state index in [1.54, 1.807) is 32.4 Å². The minimum atomic E-state index is -0.135. The third kappa shape index (κ3) is 3.75. The van der Waals surface area contributed by atoms with Crippen molar-refractivity contribution in [3.63, 3.8) is 0 Å². The van der Waals surface area contributed by atoms with Crippen LogP contribution in [0.1, 0.15) is 34.3 Å². The molecule has 31 heavy (non-hydrogen) atoms. The van der Waals surface area contributed by atoms with Crippen LogP contribution in [0.4, 0.5) is 0 Å². The van der Waals surface area contributed by atoms with Crippen LogP contribution in [0.25, 0.3) is 6.08 Å². The first-order valence-electron chi connectivity index (χ1n) is 10.4. The van der Waals surface area contributed by atoms with Gasteiger partial charge in [-0.15, -0.1) is 0 Å². The Balaban J connectivity index is 1.40. The van der Waals surface area contributed by atoms with Gasteiger partial charge in [-0.3, -0.25) is 9.69 Å². The highest BCUT2D eigenvalue weighted by Gasteiger charge is 2.34. The molecule has 162 valence electrons. The smallest absolute Gasteiger partial charge is 0.231 e. The highest BCUT2D eigenvalue weighted by Crippen LogP contribution is 2.42. The highest BCUT2D eigenvalue weighted by atomic mass is 16.5. The molecule has 3 aliphatic rings. The molecule has 1 saturated heterocycles. The molecule has 0 N–H and O–H groups in total. The van der Waals surface area contributed by atoms with Crippen LogP contribution in [-0.4, -0.2) is 50.9 Å². The molecule has 0 spiro atoms. The van der Waals surface area contributed by atoms with Crippen LogP contribution in [-0.2, 0) is 11.3 Å². The van der Waals surface area contributed by atoms with Crippen molar-refractivity contribution < 1.29 is 28.5 Å². The van der Waals surface area contributed by atoms with Crippen LogP contribution in [0.15, 0.2) is 36.1 Å². The van der Waals surface area contributed by atoms with Crippen molar-refractivity contribution >= 4 is 11.9 Å². The van der Waals surface area contributed by atoms with Gasteiger partial charge < -0.3 is 23.7 Å². The van der Waals surface area contributed by atoms with E-state index in [-0.39, 0.29) is 17.6 Å². The average molecular weight is 423 g/mol. The first-order chi connectivity index (χ1) is 15.2. The summed E-state index contributed by atoms with van der Waals surface area (Å²) in [7, 11) is 3.17. The number of allylic oxidation sites excluding steroid dienone is 1. The lowest BCUT2D eigenvalue weighted by Crippen LogP contribution is -2.37. The normalized spacial score (nSPS) is 21.4. The third-order valence-corrected chi connectivity index (χ3v) is 5.87. The Morgan fingerprint density at radius 3 is 2.81 bits per heavy atom. The molecular formula is C24H25NO6. The van der Waals surface area contributed by atoms with Crippen LogP contribution >= 0.6 is 0 Å². The zero-order valence-electron chi connectivity index (χ0n) is 17.7. The summed E-state index contributed by atoms with van der Waals surface area (Å²) in [6.45, 7) is 2.81. The Labute approximate surface area is 181 Å². The van der Waals surface area contributed by atoms with Gasteiger partial charge >= 0.3 is 0 Å². The molecule has 0 radical (unpaired) electrons. The van der Waals surface area contributed by atoms with Gasteiger partial charge in [0, 0.05) is 19.7 Å². The highest BCUT2D eigenvalue weighted by molar-refractivity contribution is 6.15. The number of fused-ring (bicyclic) bond motifs is 3. The molecule has 2 aromatic rings. The van der Waals surface area contributed by atoms with E-state index in [4.69, 9.17) is 23.7 Å². The summed E-state index contributed by atoms with van der Waals surface area (Å²) in [4.78, 5) is 15.2. The van der Waals surface area contributed by atoms with Crippen molar-refractivity contribution in [3.05, 3.63) is 52.8 Å². The fraction of sp³-hybridized carbons (Fsp3) is 0.375. The Bertz CT molecular complexity index is 1040. The van der Waals surface area contributed by atoms with Crippen LogP contribution in [0.5, 0.6) is 23.0 Å². The molecule has 2 aromatic carbocycles. The molecule has 7 nitrogen and oxygen atoms in total. The van der Waals surface area contributed by atoms with Crippen LogP contribution in [0.2, 0.25) is 0 Å². The maximum absolute atomic E-state index is 13.0. The van der Waals surface area contributed by atoms with E-state index in [1.807, 2.05) is 18.2 Å². The van der Waals surface area contributed by atoms with Gasteiger partial charge in [-0.1, -0.05) is 6.07 Å². The number of methoxy groups -OCH3 is 2. The predicted molar refractivity (Wildman–Crippen MR) is 114 cm³/mol. The molecular weight excluding hydrogens is 398 g/mol. The minimum absolute atomic E-state index is 0.135. The van der Waals surface area contributed by atoms with Gasteiger partial charge in [0.25, 0.3) is 0 Å². The number of carbonyl (C=O) groups is 1. The zero-order valence-corrected chi connectivity index (χ0v) is 17.7. The van der Waals surface area contributed by atoms with E-state index in [0.717, 1.165) is 42.9 Å².